The summed E-state index contributed by atoms with van der Waals surface area (Å²) < 4.78 is 0. The zero-order chi connectivity index (χ0) is 18.9. The second kappa shape index (κ2) is 6.90. The summed E-state index contributed by atoms with van der Waals surface area (Å²) >= 11 is 0. The van der Waals surface area contributed by atoms with Crippen molar-refractivity contribution in [2.24, 2.45) is 0 Å². The normalized spacial score (nSPS) is 18.6. The fraction of sp³-hybridized carbons (Fsp3) is 0.350. The van der Waals surface area contributed by atoms with Crippen molar-refractivity contribution in [3.63, 3.8) is 0 Å². The Balaban J connectivity index is 1.41. The molecule has 27 heavy (non-hydrogen) atoms. The molecule has 1 saturated heterocycles. The molecule has 7 nitrogen and oxygen atoms in total. The number of imide groups is 1. The summed E-state index contributed by atoms with van der Waals surface area (Å²) in [7, 11) is 0. The second-order valence-corrected chi connectivity index (χ2v) is 7.13. The fourth-order valence-corrected chi connectivity index (χ4v) is 3.94. The number of amides is 4. The molecular weight excluding hydrogens is 344 g/mol. The van der Waals surface area contributed by atoms with Gasteiger partial charge in [0.05, 0.1) is 6.54 Å². The van der Waals surface area contributed by atoms with Gasteiger partial charge in [-0.1, -0.05) is 55.7 Å². The number of hydrazine groups is 1. The summed E-state index contributed by atoms with van der Waals surface area (Å²) in [5.41, 5.74) is 2.42. The molecule has 0 bridgehead atoms. The van der Waals surface area contributed by atoms with Crippen LogP contribution in [0.3, 0.4) is 0 Å². The van der Waals surface area contributed by atoms with Crippen molar-refractivity contribution in [1.82, 2.24) is 15.8 Å². The Labute approximate surface area is 157 Å². The molecule has 140 valence electrons. The number of benzene rings is 2. The van der Waals surface area contributed by atoms with Gasteiger partial charge in [0.15, 0.2) is 0 Å². The molecule has 3 N–H and O–H groups in total. The third kappa shape index (κ3) is 3.20. The topological polar surface area (TPSA) is 90.5 Å². The molecule has 1 heterocycles. The number of nitrogens with zero attached hydrogens (tertiary/aromatic N) is 1. The minimum Gasteiger partial charge on any atom is -0.376 e. The van der Waals surface area contributed by atoms with E-state index in [9.17, 15) is 14.4 Å². The molecule has 2 aliphatic rings. The molecule has 1 saturated carbocycles. The predicted molar refractivity (Wildman–Crippen MR) is 102 cm³/mol. The first-order valence-electron chi connectivity index (χ1n) is 9.27. The third-order valence-electron chi connectivity index (χ3n) is 5.33. The van der Waals surface area contributed by atoms with Gasteiger partial charge in [0.1, 0.15) is 5.54 Å². The number of carbonyl (C=O) groups is 3. The maximum atomic E-state index is 12.7. The molecule has 1 aliphatic heterocycles. The molecule has 2 aromatic rings. The average molecular weight is 366 g/mol. The summed E-state index contributed by atoms with van der Waals surface area (Å²) in [5, 5.41) is 8.76. The van der Waals surface area contributed by atoms with E-state index in [4.69, 9.17) is 0 Å². The highest BCUT2D eigenvalue weighted by Gasteiger charge is 2.52. The van der Waals surface area contributed by atoms with Gasteiger partial charge in [0.2, 0.25) is 0 Å². The lowest BCUT2D eigenvalue weighted by Crippen LogP contribution is -2.51. The third-order valence-corrected chi connectivity index (χ3v) is 5.33. The Kier molecular flexibility index (Phi) is 4.43. The van der Waals surface area contributed by atoms with Crippen LogP contribution in [0.15, 0.2) is 42.5 Å². The lowest BCUT2D eigenvalue weighted by Gasteiger charge is -2.30. The Bertz CT molecular complexity index is 900. The van der Waals surface area contributed by atoms with Crippen LogP contribution in [0.5, 0.6) is 0 Å². The zero-order valence-corrected chi connectivity index (χ0v) is 15.0. The Morgan fingerprint density at radius 2 is 1.78 bits per heavy atom. The standard InChI is InChI=1S/C20H22N4O3/c25-17(13-21-16-10-6-8-14-7-2-3-9-15(14)16)23-24-18(26)20(22-19(24)27)11-4-1-5-12-20/h2-3,6-10,21H,1,4-5,11-13H2,(H,22,27)(H,23,25). The zero-order valence-electron chi connectivity index (χ0n) is 15.0. The Morgan fingerprint density at radius 3 is 2.59 bits per heavy atom. The molecule has 2 aromatic carbocycles. The summed E-state index contributed by atoms with van der Waals surface area (Å²) in [5.74, 6) is -0.801. The van der Waals surface area contributed by atoms with Gasteiger partial charge in [-0.2, -0.15) is 5.01 Å². The van der Waals surface area contributed by atoms with E-state index in [2.05, 4.69) is 16.1 Å². The van der Waals surface area contributed by atoms with Gasteiger partial charge in [-0.15, -0.1) is 0 Å². The minimum atomic E-state index is -0.842. The molecule has 2 fully saturated rings. The fourth-order valence-electron chi connectivity index (χ4n) is 3.94. The van der Waals surface area contributed by atoms with Crippen LogP contribution in [0.1, 0.15) is 32.1 Å². The van der Waals surface area contributed by atoms with Gasteiger partial charge >= 0.3 is 6.03 Å². The maximum absolute atomic E-state index is 12.7. The van der Waals surface area contributed by atoms with Crippen LogP contribution in [0.4, 0.5) is 10.5 Å². The van der Waals surface area contributed by atoms with Crippen molar-refractivity contribution < 1.29 is 14.4 Å². The van der Waals surface area contributed by atoms with E-state index >= 15 is 0 Å². The number of urea groups is 1. The number of hydrogen-bond donors (Lipinski definition) is 3. The molecule has 0 atom stereocenters. The van der Waals surface area contributed by atoms with Crippen LogP contribution in [-0.2, 0) is 9.59 Å². The number of carbonyl (C=O) groups excluding carboxylic acids is 3. The van der Waals surface area contributed by atoms with E-state index in [0.717, 1.165) is 40.7 Å². The van der Waals surface area contributed by atoms with Crippen LogP contribution in [0.2, 0.25) is 0 Å². The van der Waals surface area contributed by atoms with Crippen molar-refractivity contribution in [3.05, 3.63) is 42.5 Å². The number of anilines is 1. The number of fused-ring (bicyclic) bond motifs is 1. The highest BCUT2D eigenvalue weighted by molar-refractivity contribution is 6.08. The summed E-state index contributed by atoms with van der Waals surface area (Å²) in [6.45, 7) is -0.0436. The van der Waals surface area contributed by atoms with E-state index in [1.807, 2.05) is 42.5 Å². The first-order chi connectivity index (χ1) is 13.1. The van der Waals surface area contributed by atoms with Crippen molar-refractivity contribution in [3.8, 4) is 0 Å². The van der Waals surface area contributed by atoms with Crippen molar-refractivity contribution in [1.29, 1.82) is 0 Å². The van der Waals surface area contributed by atoms with Crippen LogP contribution in [0.25, 0.3) is 10.8 Å². The van der Waals surface area contributed by atoms with Gasteiger partial charge in [-0.05, 0) is 24.3 Å². The van der Waals surface area contributed by atoms with Gasteiger partial charge < -0.3 is 10.6 Å². The largest absolute Gasteiger partial charge is 0.376 e. The highest BCUT2D eigenvalue weighted by atomic mass is 16.2. The SMILES string of the molecule is O=C(CNc1cccc2ccccc12)NN1C(=O)NC2(CCCCC2)C1=O. The second-order valence-electron chi connectivity index (χ2n) is 7.13. The van der Waals surface area contributed by atoms with Crippen LogP contribution in [-0.4, -0.2) is 34.9 Å². The summed E-state index contributed by atoms with van der Waals surface area (Å²) in [6, 6.07) is 13.1. The lowest BCUT2D eigenvalue weighted by molar-refractivity contribution is -0.139. The number of hydrogen-bond acceptors (Lipinski definition) is 4. The molecular formula is C20H22N4O3. The van der Waals surface area contributed by atoms with Crippen LogP contribution >= 0.6 is 0 Å². The Hall–Kier alpha value is -3.09. The van der Waals surface area contributed by atoms with E-state index in [0.29, 0.717) is 12.8 Å². The molecule has 7 heteroatoms. The van der Waals surface area contributed by atoms with E-state index in [1.165, 1.54) is 0 Å². The minimum absolute atomic E-state index is 0.0436. The molecule has 1 aliphatic carbocycles. The molecule has 0 radical (unpaired) electrons. The summed E-state index contributed by atoms with van der Waals surface area (Å²) in [4.78, 5) is 37.2. The van der Waals surface area contributed by atoms with Crippen LogP contribution in [0, 0.1) is 0 Å². The van der Waals surface area contributed by atoms with Crippen molar-refractivity contribution >= 4 is 34.3 Å². The van der Waals surface area contributed by atoms with Gasteiger partial charge in [0.25, 0.3) is 11.8 Å². The lowest BCUT2D eigenvalue weighted by atomic mass is 9.82. The van der Waals surface area contributed by atoms with Gasteiger partial charge in [-0.25, -0.2) is 4.79 Å². The monoisotopic (exact) mass is 366 g/mol. The first-order valence-corrected chi connectivity index (χ1v) is 9.27. The smallest absolute Gasteiger partial charge is 0.344 e. The average Bonchev–Trinajstić information content (AvgIpc) is 2.91. The molecule has 4 rings (SSSR count). The first kappa shape index (κ1) is 17.3. The van der Waals surface area contributed by atoms with Crippen LogP contribution < -0.4 is 16.1 Å². The quantitative estimate of drug-likeness (QED) is 0.726. The summed E-state index contributed by atoms with van der Waals surface area (Å²) in [6.07, 6.45) is 4.11. The molecule has 0 unspecified atom stereocenters. The molecule has 1 spiro atoms. The Morgan fingerprint density at radius 1 is 1.04 bits per heavy atom. The van der Waals surface area contributed by atoms with Gasteiger partial charge in [0, 0.05) is 11.1 Å². The molecule has 4 amide bonds. The van der Waals surface area contributed by atoms with Crippen molar-refractivity contribution in [2.75, 3.05) is 11.9 Å². The van der Waals surface area contributed by atoms with E-state index in [1.54, 1.807) is 0 Å². The van der Waals surface area contributed by atoms with E-state index < -0.39 is 17.5 Å². The maximum Gasteiger partial charge on any atom is 0.344 e. The molecule has 0 aromatic heterocycles. The van der Waals surface area contributed by atoms with Gasteiger partial charge in [-0.3, -0.25) is 15.0 Å². The number of rotatable bonds is 4. The van der Waals surface area contributed by atoms with E-state index in [-0.39, 0.29) is 12.5 Å². The van der Waals surface area contributed by atoms with Crippen molar-refractivity contribution in [2.45, 2.75) is 37.6 Å². The highest BCUT2D eigenvalue weighted by Crippen LogP contribution is 2.33. The predicted octanol–water partition coefficient (Wildman–Crippen LogP) is 2.54. The number of nitrogens with one attached hydrogen (secondary N) is 3.